The van der Waals surface area contributed by atoms with Gasteiger partial charge < -0.3 is 10.6 Å². The molecule has 0 saturated heterocycles. The van der Waals surface area contributed by atoms with Gasteiger partial charge in [0.1, 0.15) is 12.4 Å². The van der Waals surface area contributed by atoms with Crippen LogP contribution in [0.4, 0.5) is 22.0 Å². The number of anilines is 3. The highest BCUT2D eigenvalue weighted by Crippen LogP contribution is 2.29. The summed E-state index contributed by atoms with van der Waals surface area (Å²) in [6.45, 7) is 5.33. The topological polar surface area (TPSA) is 107 Å². The molecular formula is C27H28N6O3. The van der Waals surface area contributed by atoms with E-state index in [9.17, 15) is 14.4 Å². The van der Waals surface area contributed by atoms with Crippen molar-refractivity contribution >= 4 is 40.7 Å². The van der Waals surface area contributed by atoms with E-state index in [-0.39, 0.29) is 12.5 Å². The predicted octanol–water partition coefficient (Wildman–Crippen LogP) is 3.66. The normalized spacial score (nSPS) is 14.9. The maximum atomic E-state index is 13.7. The Morgan fingerprint density at radius 2 is 1.81 bits per heavy atom. The van der Waals surface area contributed by atoms with E-state index in [0.717, 1.165) is 16.7 Å². The quantitative estimate of drug-likeness (QED) is 0.576. The molecule has 0 aliphatic carbocycles. The molecule has 4 amide bonds. The van der Waals surface area contributed by atoms with Crippen LogP contribution in [0.5, 0.6) is 0 Å². The third-order valence-corrected chi connectivity index (χ3v) is 5.92. The predicted molar refractivity (Wildman–Crippen MR) is 141 cm³/mol. The second-order valence-electron chi connectivity index (χ2n) is 8.62. The summed E-state index contributed by atoms with van der Waals surface area (Å²) in [5, 5.41) is 5.40. The summed E-state index contributed by atoms with van der Waals surface area (Å²) in [5.41, 5.74) is 4.29. The van der Waals surface area contributed by atoms with Crippen LogP contribution in [0.2, 0.25) is 0 Å². The minimum Gasteiger partial charge on any atom is -0.308 e. The van der Waals surface area contributed by atoms with Crippen molar-refractivity contribution in [2.45, 2.75) is 26.9 Å². The summed E-state index contributed by atoms with van der Waals surface area (Å²) in [5.74, 6) is -0.377. The molecule has 1 aromatic heterocycles. The summed E-state index contributed by atoms with van der Waals surface area (Å²) in [4.78, 5) is 51.3. The Bertz CT molecular complexity index is 1340. The Kier molecular flexibility index (Phi) is 7.10. The zero-order chi connectivity index (χ0) is 25.8. The zero-order valence-corrected chi connectivity index (χ0v) is 20.6. The Morgan fingerprint density at radius 3 is 2.53 bits per heavy atom. The number of urea groups is 1. The van der Waals surface area contributed by atoms with Gasteiger partial charge in [-0.15, -0.1) is 0 Å². The molecule has 184 valence electrons. The Morgan fingerprint density at radius 1 is 1.03 bits per heavy atom. The number of nitrogens with one attached hydrogen (secondary N) is 2. The van der Waals surface area contributed by atoms with Gasteiger partial charge in [0.15, 0.2) is 0 Å². The van der Waals surface area contributed by atoms with E-state index >= 15 is 0 Å². The van der Waals surface area contributed by atoms with Gasteiger partial charge in [0.25, 0.3) is 5.91 Å². The van der Waals surface area contributed by atoms with E-state index in [4.69, 9.17) is 0 Å². The molecular weight excluding hydrogens is 456 g/mol. The Hall–Kier alpha value is -4.53. The summed E-state index contributed by atoms with van der Waals surface area (Å²) in [6, 6.07) is 17.6. The first kappa shape index (κ1) is 24.6. The Labute approximate surface area is 209 Å². The van der Waals surface area contributed by atoms with Gasteiger partial charge in [-0.25, -0.2) is 9.78 Å². The molecule has 4 rings (SSSR count). The highest BCUT2D eigenvalue weighted by molar-refractivity contribution is 6.15. The number of para-hydroxylation sites is 1. The molecule has 2 N–H and O–H groups in total. The van der Waals surface area contributed by atoms with E-state index in [1.54, 1.807) is 44.4 Å². The van der Waals surface area contributed by atoms with Crippen molar-refractivity contribution in [3.63, 3.8) is 0 Å². The highest BCUT2D eigenvalue weighted by Gasteiger charge is 2.34. The van der Waals surface area contributed by atoms with Crippen molar-refractivity contribution in [1.29, 1.82) is 0 Å². The van der Waals surface area contributed by atoms with Crippen LogP contribution in [-0.2, 0) is 9.59 Å². The van der Waals surface area contributed by atoms with Crippen molar-refractivity contribution in [3.8, 4) is 0 Å². The molecule has 0 bridgehead atoms. The molecule has 0 fully saturated rings. The number of hydrogen-bond donors (Lipinski definition) is 2. The minimum absolute atomic E-state index is 0.246. The lowest BCUT2D eigenvalue weighted by atomic mass is 10.0. The first-order valence-electron chi connectivity index (χ1n) is 11.5. The van der Waals surface area contributed by atoms with Crippen molar-refractivity contribution in [1.82, 2.24) is 10.3 Å². The average molecular weight is 485 g/mol. The zero-order valence-electron chi connectivity index (χ0n) is 20.6. The van der Waals surface area contributed by atoms with E-state index in [2.05, 4.69) is 20.6 Å². The lowest BCUT2D eigenvalue weighted by molar-refractivity contribution is -0.123. The molecule has 0 radical (unpaired) electrons. The molecule has 9 heteroatoms. The number of nitrogens with zero attached hydrogens (tertiary/aromatic N) is 4. The fraction of sp³-hybridized carbons (Fsp3) is 0.222. The monoisotopic (exact) mass is 484 g/mol. The van der Waals surface area contributed by atoms with Crippen LogP contribution in [0.25, 0.3) is 0 Å². The second kappa shape index (κ2) is 10.4. The maximum Gasteiger partial charge on any atom is 0.321 e. The molecule has 0 spiro atoms. The average Bonchev–Trinajstić information content (AvgIpc) is 2.95. The summed E-state index contributed by atoms with van der Waals surface area (Å²) < 4.78 is 0. The van der Waals surface area contributed by atoms with E-state index in [1.807, 2.05) is 50.2 Å². The van der Waals surface area contributed by atoms with Gasteiger partial charge in [0.2, 0.25) is 12.1 Å². The van der Waals surface area contributed by atoms with E-state index in [1.165, 1.54) is 9.80 Å². The number of rotatable bonds is 5. The Balaban J connectivity index is 1.63. The van der Waals surface area contributed by atoms with Gasteiger partial charge in [0.05, 0.1) is 5.69 Å². The smallest absolute Gasteiger partial charge is 0.308 e. The summed E-state index contributed by atoms with van der Waals surface area (Å²) in [7, 11) is 1.61. The van der Waals surface area contributed by atoms with Gasteiger partial charge in [-0.3, -0.25) is 24.4 Å². The number of benzodiazepines with no additional fused rings is 1. The van der Waals surface area contributed by atoms with Crippen LogP contribution in [0, 0.1) is 13.8 Å². The lowest BCUT2D eigenvalue weighted by Crippen LogP contribution is -2.51. The van der Waals surface area contributed by atoms with Crippen LogP contribution < -0.4 is 20.4 Å². The van der Waals surface area contributed by atoms with Gasteiger partial charge in [-0.05, 0) is 56.2 Å². The number of aromatic nitrogens is 1. The molecule has 1 atom stereocenters. The third kappa shape index (κ3) is 5.25. The van der Waals surface area contributed by atoms with E-state index < -0.39 is 18.1 Å². The standard InChI is InChI=1S/C27H28N6O3/c1-17-9-7-11-20(15-17)30-27(36)31-25-26(35)33(16-23(34)32(4)22-13-5-6-14-28-22)24-18(2)10-8-12-21(24)19(3)29-25/h5-15,25H,16H2,1-4H3,(H2,30,31,36)/t25-/m0/s1. The van der Waals surface area contributed by atoms with Gasteiger partial charge in [-0.2, -0.15) is 0 Å². The number of benzene rings is 2. The van der Waals surface area contributed by atoms with Gasteiger partial charge in [0, 0.05) is 30.2 Å². The van der Waals surface area contributed by atoms with Crippen molar-refractivity contribution in [3.05, 3.63) is 83.6 Å². The molecule has 0 unspecified atom stereocenters. The van der Waals surface area contributed by atoms with E-state index in [0.29, 0.717) is 22.9 Å². The molecule has 1 aliphatic rings. The molecule has 0 saturated carbocycles. The van der Waals surface area contributed by atoms with Gasteiger partial charge in [-0.1, -0.05) is 36.4 Å². The van der Waals surface area contributed by atoms with Crippen LogP contribution in [-0.4, -0.2) is 48.3 Å². The summed E-state index contributed by atoms with van der Waals surface area (Å²) >= 11 is 0. The maximum absolute atomic E-state index is 13.7. The SMILES string of the molecule is CC1=N[C@@H](NC(=O)Nc2cccc(C)c2)C(=O)N(CC(=O)N(C)c2ccccn2)c2c(C)cccc21. The number of carbonyl (C=O) groups is 3. The fourth-order valence-corrected chi connectivity index (χ4v) is 4.07. The largest absolute Gasteiger partial charge is 0.321 e. The number of aliphatic imine (C=N–C) groups is 1. The van der Waals surface area contributed by atoms with Gasteiger partial charge >= 0.3 is 6.03 Å². The second-order valence-corrected chi connectivity index (χ2v) is 8.62. The summed E-state index contributed by atoms with van der Waals surface area (Å²) in [6.07, 6.45) is 0.384. The molecule has 36 heavy (non-hydrogen) atoms. The van der Waals surface area contributed by atoms with Crippen LogP contribution in [0.1, 0.15) is 23.6 Å². The molecule has 1 aliphatic heterocycles. The third-order valence-electron chi connectivity index (χ3n) is 5.92. The highest BCUT2D eigenvalue weighted by atomic mass is 16.2. The number of aryl methyl sites for hydroxylation is 2. The van der Waals surface area contributed by atoms with Crippen molar-refractivity contribution < 1.29 is 14.4 Å². The number of amides is 4. The van der Waals surface area contributed by atoms with Crippen LogP contribution >= 0.6 is 0 Å². The van der Waals surface area contributed by atoms with Crippen LogP contribution in [0.3, 0.4) is 0 Å². The number of fused-ring (bicyclic) bond motifs is 1. The minimum atomic E-state index is -1.21. The number of carbonyl (C=O) groups excluding carboxylic acids is 3. The molecule has 2 aromatic carbocycles. The number of hydrogen-bond acceptors (Lipinski definition) is 5. The molecule has 2 heterocycles. The fourth-order valence-electron chi connectivity index (χ4n) is 4.07. The lowest BCUT2D eigenvalue weighted by Gasteiger charge is -2.28. The van der Waals surface area contributed by atoms with Crippen LogP contribution in [0.15, 0.2) is 71.9 Å². The first-order chi connectivity index (χ1) is 17.2. The number of likely N-dealkylation sites (N-methyl/N-ethyl adjacent to an activating group) is 1. The first-order valence-corrected chi connectivity index (χ1v) is 11.5. The number of pyridine rings is 1. The molecule has 3 aromatic rings. The van der Waals surface area contributed by atoms with Crippen molar-refractivity contribution in [2.75, 3.05) is 28.7 Å². The van der Waals surface area contributed by atoms with Crippen molar-refractivity contribution in [2.24, 2.45) is 4.99 Å². The molecule has 9 nitrogen and oxygen atoms in total.